The summed E-state index contributed by atoms with van der Waals surface area (Å²) in [6, 6.07) is 6.52. The second-order valence-electron chi connectivity index (χ2n) is 3.44. The smallest absolute Gasteiger partial charge is 0.122 e. The van der Waals surface area contributed by atoms with Crippen molar-refractivity contribution in [2.75, 3.05) is 6.61 Å². The lowest BCUT2D eigenvalue weighted by molar-refractivity contribution is 0.337. The van der Waals surface area contributed by atoms with Gasteiger partial charge >= 0.3 is 0 Å². The van der Waals surface area contributed by atoms with Crippen molar-refractivity contribution in [3.8, 4) is 5.75 Å². The van der Waals surface area contributed by atoms with E-state index in [1.54, 1.807) is 0 Å². The van der Waals surface area contributed by atoms with Crippen LogP contribution in [0.15, 0.2) is 18.2 Å². The number of aryl methyl sites for hydroxylation is 1. The summed E-state index contributed by atoms with van der Waals surface area (Å²) in [6.07, 6.45) is 1.11. The fraction of sp³-hybridized carbons (Fsp3) is 0.455. The van der Waals surface area contributed by atoms with Gasteiger partial charge in [-0.15, -0.1) is 0 Å². The highest BCUT2D eigenvalue weighted by Crippen LogP contribution is 2.33. The quantitative estimate of drug-likeness (QED) is 0.617. The van der Waals surface area contributed by atoms with Crippen LogP contribution in [0.2, 0.25) is 0 Å². The Kier molecular flexibility index (Phi) is 1.80. The number of hydrogen-bond acceptors (Lipinski definition) is 1. The minimum Gasteiger partial charge on any atom is -0.493 e. The Morgan fingerprint density at radius 1 is 1.50 bits per heavy atom. The number of fused-ring (bicyclic) bond motifs is 1. The summed E-state index contributed by atoms with van der Waals surface area (Å²) >= 11 is 0. The van der Waals surface area contributed by atoms with E-state index in [9.17, 15) is 0 Å². The van der Waals surface area contributed by atoms with Crippen LogP contribution in [-0.2, 0) is 6.42 Å². The van der Waals surface area contributed by atoms with Crippen LogP contribution in [0, 0.1) is 0 Å². The van der Waals surface area contributed by atoms with Crippen LogP contribution in [0.4, 0.5) is 0 Å². The Labute approximate surface area is 73.4 Å². The first-order valence-corrected chi connectivity index (χ1v) is 4.57. The molecular formula is C11H14O. The van der Waals surface area contributed by atoms with Crippen molar-refractivity contribution in [1.82, 2.24) is 0 Å². The topological polar surface area (TPSA) is 9.23 Å². The molecule has 0 fully saturated rings. The molecule has 0 saturated heterocycles. The lowest BCUT2D eigenvalue weighted by atomic mass is 10.0. The number of rotatable bonds is 1. The second kappa shape index (κ2) is 2.81. The van der Waals surface area contributed by atoms with Gasteiger partial charge in [-0.1, -0.05) is 26.0 Å². The van der Waals surface area contributed by atoms with Gasteiger partial charge < -0.3 is 4.74 Å². The summed E-state index contributed by atoms with van der Waals surface area (Å²) in [5, 5.41) is 0. The van der Waals surface area contributed by atoms with E-state index in [1.165, 1.54) is 11.1 Å². The molecule has 1 aliphatic rings. The van der Waals surface area contributed by atoms with Crippen molar-refractivity contribution in [2.45, 2.75) is 26.2 Å². The van der Waals surface area contributed by atoms with Crippen LogP contribution in [-0.4, -0.2) is 6.61 Å². The van der Waals surface area contributed by atoms with E-state index >= 15 is 0 Å². The number of benzene rings is 1. The summed E-state index contributed by atoms with van der Waals surface area (Å²) in [6.45, 7) is 5.25. The summed E-state index contributed by atoms with van der Waals surface area (Å²) in [5.41, 5.74) is 2.79. The molecule has 0 bridgehead atoms. The van der Waals surface area contributed by atoms with E-state index in [1.807, 2.05) is 0 Å². The average molecular weight is 162 g/mol. The molecule has 0 amide bonds. The third-order valence-electron chi connectivity index (χ3n) is 2.50. The first-order chi connectivity index (χ1) is 5.81. The first-order valence-electron chi connectivity index (χ1n) is 4.57. The molecule has 1 heteroatoms. The van der Waals surface area contributed by atoms with Crippen LogP contribution in [0.25, 0.3) is 0 Å². The monoisotopic (exact) mass is 162 g/mol. The predicted octanol–water partition coefficient (Wildman–Crippen LogP) is 2.74. The van der Waals surface area contributed by atoms with E-state index in [0.29, 0.717) is 5.92 Å². The summed E-state index contributed by atoms with van der Waals surface area (Å²) < 4.78 is 5.51. The minimum absolute atomic E-state index is 0.575. The lowest BCUT2D eigenvalue weighted by Gasteiger charge is -2.02. The van der Waals surface area contributed by atoms with Gasteiger partial charge in [-0.3, -0.25) is 0 Å². The fourth-order valence-corrected chi connectivity index (χ4v) is 1.64. The molecule has 1 aromatic carbocycles. The predicted molar refractivity (Wildman–Crippen MR) is 49.7 cm³/mol. The Morgan fingerprint density at radius 2 is 2.33 bits per heavy atom. The maximum atomic E-state index is 5.51. The Morgan fingerprint density at radius 3 is 3.08 bits per heavy atom. The van der Waals surface area contributed by atoms with Gasteiger partial charge in [-0.2, -0.15) is 0 Å². The Balaban J connectivity index is 2.43. The van der Waals surface area contributed by atoms with Gasteiger partial charge in [-0.25, -0.2) is 0 Å². The largest absolute Gasteiger partial charge is 0.493 e. The molecule has 2 rings (SSSR count). The zero-order valence-electron chi connectivity index (χ0n) is 7.63. The molecule has 1 atom stereocenters. The average Bonchev–Trinajstić information content (AvgIpc) is 2.47. The normalized spacial score (nSPS) is 20.3. The second-order valence-corrected chi connectivity index (χ2v) is 3.44. The molecule has 1 heterocycles. The molecule has 64 valence electrons. The molecule has 0 N–H and O–H groups in total. The third kappa shape index (κ3) is 1.09. The summed E-state index contributed by atoms with van der Waals surface area (Å²) in [4.78, 5) is 0. The van der Waals surface area contributed by atoms with E-state index < -0.39 is 0 Å². The molecule has 0 aliphatic carbocycles. The van der Waals surface area contributed by atoms with Gasteiger partial charge in [0.25, 0.3) is 0 Å². The highest BCUT2D eigenvalue weighted by Gasteiger charge is 2.19. The SMILES string of the molecule is CCc1ccc2c(c1)[C@@H](C)CO2. The zero-order valence-corrected chi connectivity index (χ0v) is 7.63. The van der Waals surface area contributed by atoms with E-state index in [2.05, 4.69) is 32.0 Å². The van der Waals surface area contributed by atoms with Crippen LogP contribution in [0.1, 0.15) is 30.9 Å². The highest BCUT2D eigenvalue weighted by molar-refractivity contribution is 5.42. The van der Waals surface area contributed by atoms with Crippen molar-refractivity contribution in [3.05, 3.63) is 29.3 Å². The van der Waals surface area contributed by atoms with Crippen LogP contribution < -0.4 is 4.74 Å². The molecule has 0 aromatic heterocycles. The molecular weight excluding hydrogens is 148 g/mol. The van der Waals surface area contributed by atoms with Gasteiger partial charge in [0.05, 0.1) is 6.61 Å². The van der Waals surface area contributed by atoms with E-state index in [4.69, 9.17) is 4.74 Å². The van der Waals surface area contributed by atoms with Crippen molar-refractivity contribution >= 4 is 0 Å². The number of hydrogen-bond donors (Lipinski definition) is 0. The maximum Gasteiger partial charge on any atom is 0.122 e. The lowest BCUT2D eigenvalue weighted by Crippen LogP contribution is -1.93. The molecule has 0 saturated carbocycles. The van der Waals surface area contributed by atoms with Crippen molar-refractivity contribution in [1.29, 1.82) is 0 Å². The van der Waals surface area contributed by atoms with E-state index in [0.717, 1.165) is 18.8 Å². The summed E-state index contributed by atoms with van der Waals surface area (Å²) in [7, 11) is 0. The fourth-order valence-electron chi connectivity index (χ4n) is 1.64. The van der Waals surface area contributed by atoms with Crippen LogP contribution in [0.5, 0.6) is 5.75 Å². The zero-order chi connectivity index (χ0) is 8.55. The Hall–Kier alpha value is -0.980. The number of ether oxygens (including phenoxy) is 1. The highest BCUT2D eigenvalue weighted by atomic mass is 16.5. The van der Waals surface area contributed by atoms with Gasteiger partial charge in [0.15, 0.2) is 0 Å². The van der Waals surface area contributed by atoms with Crippen molar-refractivity contribution < 1.29 is 4.74 Å². The molecule has 12 heavy (non-hydrogen) atoms. The molecule has 0 unspecified atom stereocenters. The van der Waals surface area contributed by atoms with Crippen LogP contribution >= 0.6 is 0 Å². The van der Waals surface area contributed by atoms with Crippen LogP contribution in [0.3, 0.4) is 0 Å². The van der Waals surface area contributed by atoms with Gasteiger partial charge in [0, 0.05) is 11.5 Å². The molecule has 0 radical (unpaired) electrons. The van der Waals surface area contributed by atoms with Gasteiger partial charge in [0.1, 0.15) is 5.75 Å². The van der Waals surface area contributed by atoms with Crippen molar-refractivity contribution in [3.63, 3.8) is 0 Å². The van der Waals surface area contributed by atoms with Gasteiger partial charge in [-0.05, 0) is 18.1 Å². The van der Waals surface area contributed by atoms with Crippen molar-refractivity contribution in [2.24, 2.45) is 0 Å². The Bertz CT molecular complexity index is 291. The third-order valence-corrected chi connectivity index (χ3v) is 2.50. The maximum absolute atomic E-state index is 5.51. The molecule has 1 nitrogen and oxygen atoms in total. The standard InChI is InChI=1S/C11H14O/c1-3-9-4-5-11-10(6-9)8(2)7-12-11/h4-6,8H,3,7H2,1-2H3/t8-/m0/s1. The summed E-state index contributed by atoms with van der Waals surface area (Å²) in [5.74, 6) is 1.66. The van der Waals surface area contributed by atoms with E-state index in [-0.39, 0.29) is 0 Å². The first kappa shape index (κ1) is 7.66. The van der Waals surface area contributed by atoms with Gasteiger partial charge in [0.2, 0.25) is 0 Å². The molecule has 1 aliphatic heterocycles. The minimum atomic E-state index is 0.575. The molecule has 1 aromatic rings. The molecule has 0 spiro atoms.